The first kappa shape index (κ1) is 21.9. The predicted octanol–water partition coefficient (Wildman–Crippen LogP) is 4.50. The molecule has 2 heterocycles. The molecule has 2 fully saturated rings. The summed E-state index contributed by atoms with van der Waals surface area (Å²) in [6.07, 6.45) is 10.9. The van der Waals surface area contributed by atoms with Gasteiger partial charge in [-0.3, -0.25) is 4.79 Å². The summed E-state index contributed by atoms with van der Waals surface area (Å²) in [4.78, 5) is 15.4. The van der Waals surface area contributed by atoms with Gasteiger partial charge in [0.2, 0.25) is 0 Å². The van der Waals surface area contributed by atoms with Crippen LogP contribution < -0.4 is 10.1 Å². The van der Waals surface area contributed by atoms with Crippen LogP contribution in [-0.4, -0.2) is 52.9 Å². The number of rotatable bonds is 8. The van der Waals surface area contributed by atoms with Crippen LogP contribution in [0.15, 0.2) is 30.3 Å². The molecule has 2 aliphatic rings. The molecule has 0 spiro atoms. The molecule has 1 N–H and O–H groups in total. The van der Waals surface area contributed by atoms with Crippen LogP contribution in [0.4, 0.5) is 0 Å². The second kappa shape index (κ2) is 10.8. The van der Waals surface area contributed by atoms with Crippen molar-refractivity contribution < 1.29 is 9.53 Å². The quantitative estimate of drug-likeness (QED) is 0.634. The summed E-state index contributed by atoms with van der Waals surface area (Å²) in [5.74, 6) is 0.824. The normalized spacial score (nSPS) is 18.1. The van der Waals surface area contributed by atoms with Gasteiger partial charge in [0.1, 0.15) is 11.4 Å². The zero-order chi connectivity index (χ0) is 21.5. The van der Waals surface area contributed by atoms with Gasteiger partial charge in [-0.15, -0.1) is 0 Å². The highest BCUT2D eigenvalue weighted by atomic mass is 16.5. The van der Waals surface area contributed by atoms with E-state index in [1.54, 1.807) is 4.68 Å². The third kappa shape index (κ3) is 6.10. The molecule has 0 unspecified atom stereocenters. The predicted molar refractivity (Wildman–Crippen MR) is 123 cm³/mol. The molecule has 31 heavy (non-hydrogen) atoms. The lowest BCUT2D eigenvalue weighted by atomic mass is 9.95. The number of benzene rings is 1. The average Bonchev–Trinajstić information content (AvgIpc) is 3.20. The van der Waals surface area contributed by atoms with E-state index in [0.717, 1.165) is 49.5 Å². The molecule has 168 valence electrons. The number of hydrogen-bond acceptors (Lipinski definition) is 4. The summed E-state index contributed by atoms with van der Waals surface area (Å²) in [5, 5.41) is 7.76. The first-order valence-corrected chi connectivity index (χ1v) is 12.0. The van der Waals surface area contributed by atoms with E-state index in [9.17, 15) is 4.79 Å². The Morgan fingerprint density at radius 3 is 2.52 bits per heavy atom. The zero-order valence-corrected chi connectivity index (χ0v) is 18.8. The summed E-state index contributed by atoms with van der Waals surface area (Å²) < 4.78 is 7.68. The molecule has 6 nitrogen and oxygen atoms in total. The minimum atomic E-state index is -0.0365. The fourth-order valence-corrected chi connectivity index (χ4v) is 4.71. The van der Waals surface area contributed by atoms with Gasteiger partial charge in [0.15, 0.2) is 0 Å². The van der Waals surface area contributed by atoms with Crippen LogP contribution in [0.2, 0.25) is 0 Å². The van der Waals surface area contributed by atoms with E-state index < -0.39 is 0 Å². The van der Waals surface area contributed by atoms with Gasteiger partial charge in [0, 0.05) is 12.6 Å². The molecule has 4 rings (SSSR count). The van der Waals surface area contributed by atoms with Gasteiger partial charge in [-0.2, -0.15) is 5.10 Å². The molecule has 1 aromatic heterocycles. The van der Waals surface area contributed by atoms with Crippen LogP contribution in [0, 0.1) is 6.92 Å². The largest absolute Gasteiger partial charge is 0.494 e. The number of carbonyl (C=O) groups is 1. The van der Waals surface area contributed by atoms with Crippen LogP contribution in [0.5, 0.6) is 5.75 Å². The molecule has 1 saturated heterocycles. The van der Waals surface area contributed by atoms with Gasteiger partial charge in [-0.25, -0.2) is 4.68 Å². The smallest absolute Gasteiger partial charge is 0.270 e. The van der Waals surface area contributed by atoms with Crippen molar-refractivity contribution in [2.45, 2.75) is 70.8 Å². The highest BCUT2D eigenvalue weighted by Gasteiger charge is 2.20. The zero-order valence-electron chi connectivity index (χ0n) is 18.8. The molecule has 1 saturated carbocycles. The number of ether oxygens (including phenoxy) is 1. The maximum atomic E-state index is 12.9. The van der Waals surface area contributed by atoms with Crippen LogP contribution in [0.3, 0.4) is 0 Å². The first-order valence-electron chi connectivity index (χ1n) is 12.0. The topological polar surface area (TPSA) is 59.4 Å². The fourth-order valence-electron chi connectivity index (χ4n) is 4.71. The van der Waals surface area contributed by atoms with Crippen molar-refractivity contribution in [3.63, 3.8) is 0 Å². The number of likely N-dealkylation sites (tertiary alicyclic amines) is 1. The van der Waals surface area contributed by atoms with Crippen LogP contribution >= 0.6 is 0 Å². The van der Waals surface area contributed by atoms with E-state index in [4.69, 9.17) is 4.74 Å². The number of nitrogens with zero attached hydrogens (tertiary/aromatic N) is 3. The van der Waals surface area contributed by atoms with E-state index in [-0.39, 0.29) is 11.9 Å². The Labute approximate surface area is 186 Å². The number of piperidine rings is 1. The lowest BCUT2D eigenvalue weighted by Gasteiger charge is -2.26. The van der Waals surface area contributed by atoms with Crippen molar-refractivity contribution in [2.24, 2.45) is 0 Å². The Morgan fingerprint density at radius 2 is 1.77 bits per heavy atom. The molecule has 0 radical (unpaired) electrons. The summed E-state index contributed by atoms with van der Waals surface area (Å²) in [6, 6.07) is 10.0. The summed E-state index contributed by atoms with van der Waals surface area (Å²) in [6.45, 7) is 6.23. The Morgan fingerprint density at radius 1 is 1.06 bits per heavy atom. The highest BCUT2D eigenvalue weighted by Crippen LogP contribution is 2.20. The molecule has 1 aliphatic heterocycles. The van der Waals surface area contributed by atoms with Crippen molar-refractivity contribution in [1.82, 2.24) is 20.0 Å². The molecule has 1 aliphatic carbocycles. The number of carbonyl (C=O) groups excluding carboxylic acids is 1. The Balaban J connectivity index is 1.32. The van der Waals surface area contributed by atoms with Gasteiger partial charge in [-0.05, 0) is 82.4 Å². The third-order valence-electron chi connectivity index (χ3n) is 6.42. The Hall–Kier alpha value is -2.34. The van der Waals surface area contributed by atoms with Crippen molar-refractivity contribution >= 4 is 5.91 Å². The Bertz CT molecular complexity index is 834. The van der Waals surface area contributed by atoms with E-state index in [1.165, 1.54) is 51.6 Å². The molecule has 0 bridgehead atoms. The second-order valence-electron chi connectivity index (χ2n) is 8.99. The molecular weight excluding hydrogens is 388 g/mol. The first-order chi connectivity index (χ1) is 15.2. The van der Waals surface area contributed by atoms with E-state index in [2.05, 4.69) is 15.3 Å². The van der Waals surface area contributed by atoms with Gasteiger partial charge in [0.05, 0.1) is 18.0 Å². The van der Waals surface area contributed by atoms with E-state index in [1.807, 2.05) is 37.3 Å². The number of hydrogen-bond donors (Lipinski definition) is 1. The van der Waals surface area contributed by atoms with Crippen molar-refractivity contribution in [3.05, 3.63) is 41.7 Å². The van der Waals surface area contributed by atoms with Gasteiger partial charge in [-0.1, -0.05) is 25.7 Å². The molecule has 2 aromatic rings. The molecular formula is C25H36N4O2. The van der Waals surface area contributed by atoms with Crippen LogP contribution in [0.1, 0.15) is 74.0 Å². The van der Waals surface area contributed by atoms with Crippen molar-refractivity contribution in [2.75, 3.05) is 26.2 Å². The highest BCUT2D eigenvalue weighted by molar-refractivity contribution is 5.93. The van der Waals surface area contributed by atoms with Crippen molar-refractivity contribution in [3.8, 4) is 11.4 Å². The number of amides is 1. The summed E-state index contributed by atoms with van der Waals surface area (Å²) in [7, 11) is 0. The second-order valence-corrected chi connectivity index (χ2v) is 8.99. The van der Waals surface area contributed by atoms with Gasteiger partial charge in [0.25, 0.3) is 5.91 Å². The number of nitrogens with one attached hydrogen (secondary N) is 1. The lowest BCUT2D eigenvalue weighted by Crippen LogP contribution is -2.37. The van der Waals surface area contributed by atoms with Gasteiger partial charge < -0.3 is 15.0 Å². The maximum absolute atomic E-state index is 12.9. The number of aryl methyl sites for hydroxylation is 1. The monoisotopic (exact) mass is 424 g/mol. The fraction of sp³-hybridized carbons (Fsp3) is 0.600. The summed E-state index contributed by atoms with van der Waals surface area (Å²) >= 11 is 0. The number of aromatic nitrogens is 2. The lowest BCUT2D eigenvalue weighted by molar-refractivity contribution is 0.0920. The van der Waals surface area contributed by atoms with E-state index >= 15 is 0 Å². The SMILES string of the molecule is Cc1cc(C(=O)NC2CCCCC2)n(-c2ccc(OCCCN3CCCCC3)cc2)n1. The Kier molecular flexibility index (Phi) is 7.62. The van der Waals surface area contributed by atoms with Crippen LogP contribution in [-0.2, 0) is 0 Å². The summed E-state index contributed by atoms with van der Waals surface area (Å²) in [5.41, 5.74) is 2.31. The third-order valence-corrected chi connectivity index (χ3v) is 6.42. The van der Waals surface area contributed by atoms with Crippen molar-refractivity contribution in [1.29, 1.82) is 0 Å². The molecule has 1 amide bonds. The van der Waals surface area contributed by atoms with Gasteiger partial charge >= 0.3 is 0 Å². The molecule has 1 aromatic carbocycles. The average molecular weight is 425 g/mol. The maximum Gasteiger partial charge on any atom is 0.270 e. The minimum Gasteiger partial charge on any atom is -0.494 e. The van der Waals surface area contributed by atoms with Crippen LogP contribution in [0.25, 0.3) is 5.69 Å². The van der Waals surface area contributed by atoms with E-state index in [0.29, 0.717) is 5.69 Å². The molecule has 6 heteroatoms. The molecule has 0 atom stereocenters. The standard InChI is InChI=1S/C25H36N4O2/c1-20-19-24(25(30)26-21-9-4-2-5-10-21)29(27-20)22-11-13-23(14-12-22)31-18-8-17-28-15-6-3-7-16-28/h11-14,19,21H,2-10,15-18H2,1H3,(H,26,30). The minimum absolute atomic E-state index is 0.0365.